The van der Waals surface area contributed by atoms with Crippen molar-refractivity contribution in [1.29, 1.82) is 0 Å². The Balaban J connectivity index is 2.15. The Morgan fingerprint density at radius 2 is 1.64 bits per heavy atom. The predicted molar refractivity (Wildman–Crippen MR) is 60.3 cm³/mol. The normalized spacial score (nSPS) is 29.2. The van der Waals surface area contributed by atoms with E-state index >= 15 is 0 Å². The first-order chi connectivity index (χ1) is 5.29. The molecule has 0 atom stereocenters. The maximum atomic E-state index is 2.65. The van der Waals surface area contributed by atoms with Gasteiger partial charge in [0, 0.05) is 0 Å². The Labute approximate surface area is 85.4 Å². The minimum absolute atomic E-state index is 0.0226. The smallest absolute Gasteiger partial charge is 0.176 e. The summed E-state index contributed by atoms with van der Waals surface area (Å²) in [6.07, 6.45) is 2.62. The molecule has 0 aromatic heterocycles. The van der Waals surface area contributed by atoms with Crippen molar-refractivity contribution in [3.63, 3.8) is 0 Å². The van der Waals surface area contributed by atoms with E-state index in [1.165, 1.54) is 25.9 Å². The quantitative estimate of drug-likeness (QED) is 0.331. The summed E-state index contributed by atoms with van der Waals surface area (Å²) < 4.78 is 6.03. The first kappa shape index (κ1) is 9.95. The summed E-state index contributed by atoms with van der Waals surface area (Å²) in [6, 6.07) is 0. The van der Waals surface area contributed by atoms with Gasteiger partial charge < -0.3 is 0 Å². The van der Waals surface area contributed by atoms with E-state index in [0.29, 0.717) is 0 Å². The molecule has 4 heteroatoms. The van der Waals surface area contributed by atoms with E-state index in [9.17, 15) is 0 Å². The molecule has 0 N–H and O–H groups in total. The summed E-state index contributed by atoms with van der Waals surface area (Å²) in [5.41, 5.74) is 0. The number of alkyl halides is 1. The zero-order chi connectivity index (χ0) is 8.27. The molecular formula is C7H17IN2Si. The predicted octanol–water partition coefficient (Wildman–Crippen LogP) is 1.14. The Kier molecular flexibility index (Phi) is 4.33. The molecule has 0 aliphatic carbocycles. The van der Waals surface area contributed by atoms with Crippen molar-refractivity contribution in [3.8, 4) is 0 Å². The summed E-state index contributed by atoms with van der Waals surface area (Å²) in [7, 11) is 0.0226. The topological polar surface area (TPSA) is 6.48 Å². The summed E-state index contributed by atoms with van der Waals surface area (Å²) in [5.74, 6) is 0. The molecule has 0 bridgehead atoms. The van der Waals surface area contributed by atoms with Crippen molar-refractivity contribution in [2.24, 2.45) is 0 Å². The fourth-order valence-electron chi connectivity index (χ4n) is 1.43. The lowest BCUT2D eigenvalue weighted by Crippen LogP contribution is -2.63. The molecule has 0 aromatic carbocycles. The number of halogens is 1. The summed E-state index contributed by atoms with van der Waals surface area (Å²) in [6.45, 7) is 7.17. The van der Waals surface area contributed by atoms with Gasteiger partial charge in [-0.25, -0.2) is 0 Å². The highest BCUT2D eigenvalue weighted by Crippen LogP contribution is 2.22. The SMILES string of the molecule is CCCN1[SiH2]N(CCC)C1I. The first-order valence-corrected chi connectivity index (χ1v) is 6.92. The van der Waals surface area contributed by atoms with E-state index < -0.39 is 0 Å². The average molecular weight is 284 g/mol. The summed E-state index contributed by atoms with van der Waals surface area (Å²) in [4.78, 5) is 0. The summed E-state index contributed by atoms with van der Waals surface area (Å²) >= 11 is 2.55. The monoisotopic (exact) mass is 284 g/mol. The van der Waals surface area contributed by atoms with Gasteiger partial charge in [-0.2, -0.15) is 0 Å². The number of nitrogens with zero attached hydrogens (tertiary/aromatic N) is 2. The lowest BCUT2D eigenvalue weighted by molar-refractivity contribution is 0.184. The van der Waals surface area contributed by atoms with Gasteiger partial charge in [0.25, 0.3) is 0 Å². The van der Waals surface area contributed by atoms with Crippen molar-refractivity contribution >= 4 is 32.4 Å². The molecule has 1 aliphatic heterocycles. The van der Waals surface area contributed by atoms with Crippen LogP contribution in [0.5, 0.6) is 0 Å². The van der Waals surface area contributed by atoms with Crippen LogP contribution in [0.25, 0.3) is 0 Å². The molecule has 0 saturated carbocycles. The maximum absolute atomic E-state index is 2.65. The molecular weight excluding hydrogens is 267 g/mol. The molecule has 66 valence electrons. The van der Waals surface area contributed by atoms with Crippen molar-refractivity contribution in [2.45, 2.75) is 30.9 Å². The van der Waals surface area contributed by atoms with Crippen molar-refractivity contribution in [2.75, 3.05) is 13.1 Å². The molecule has 0 unspecified atom stereocenters. The molecule has 0 amide bonds. The third-order valence-electron chi connectivity index (χ3n) is 1.99. The van der Waals surface area contributed by atoms with Crippen LogP contribution in [0.1, 0.15) is 26.7 Å². The van der Waals surface area contributed by atoms with Gasteiger partial charge >= 0.3 is 0 Å². The van der Waals surface area contributed by atoms with Crippen LogP contribution in [-0.4, -0.2) is 36.2 Å². The highest BCUT2D eigenvalue weighted by molar-refractivity contribution is 14.1. The molecule has 1 fully saturated rings. The van der Waals surface area contributed by atoms with Crippen molar-refractivity contribution in [3.05, 3.63) is 0 Å². The summed E-state index contributed by atoms with van der Waals surface area (Å²) in [5, 5.41) is 0. The van der Waals surface area contributed by atoms with Crippen LogP contribution < -0.4 is 0 Å². The molecule has 1 aliphatic rings. The average Bonchev–Trinajstić information content (AvgIpc) is 2.02. The largest absolute Gasteiger partial charge is 0.293 e. The minimum Gasteiger partial charge on any atom is -0.293 e. The van der Waals surface area contributed by atoms with Gasteiger partial charge in [0.15, 0.2) is 9.84 Å². The molecule has 1 rings (SSSR count). The Morgan fingerprint density at radius 3 is 1.91 bits per heavy atom. The van der Waals surface area contributed by atoms with Gasteiger partial charge in [0.1, 0.15) is 4.17 Å². The zero-order valence-electron chi connectivity index (χ0n) is 7.39. The van der Waals surface area contributed by atoms with Gasteiger partial charge in [-0.1, -0.05) is 13.8 Å². The van der Waals surface area contributed by atoms with E-state index in [0.717, 1.165) is 4.17 Å². The second kappa shape index (κ2) is 4.79. The Bertz CT molecular complexity index is 111. The van der Waals surface area contributed by atoms with Gasteiger partial charge in [0.2, 0.25) is 0 Å². The van der Waals surface area contributed by atoms with Crippen LogP contribution in [0.2, 0.25) is 0 Å². The zero-order valence-corrected chi connectivity index (χ0v) is 11.0. The van der Waals surface area contributed by atoms with E-state index in [4.69, 9.17) is 0 Å². The minimum atomic E-state index is 0.0226. The Hall–Kier alpha value is 0.867. The van der Waals surface area contributed by atoms with E-state index in [2.05, 4.69) is 45.6 Å². The number of hydrogen-bond acceptors (Lipinski definition) is 2. The Morgan fingerprint density at radius 1 is 1.18 bits per heavy atom. The van der Waals surface area contributed by atoms with Gasteiger partial charge in [-0.05, 0) is 48.5 Å². The lowest BCUT2D eigenvalue weighted by Gasteiger charge is -2.47. The third-order valence-corrected chi connectivity index (χ3v) is 7.10. The van der Waals surface area contributed by atoms with Gasteiger partial charge in [0.05, 0.1) is 0 Å². The number of rotatable bonds is 4. The molecule has 11 heavy (non-hydrogen) atoms. The second-order valence-electron chi connectivity index (χ2n) is 3.08. The molecule has 1 saturated heterocycles. The fourth-order valence-corrected chi connectivity index (χ4v) is 4.85. The van der Waals surface area contributed by atoms with Gasteiger partial charge in [-0.15, -0.1) is 0 Å². The van der Waals surface area contributed by atoms with Crippen LogP contribution in [0.15, 0.2) is 0 Å². The van der Waals surface area contributed by atoms with E-state index in [1.807, 2.05) is 0 Å². The molecule has 0 radical (unpaired) electrons. The van der Waals surface area contributed by atoms with Crippen molar-refractivity contribution < 1.29 is 0 Å². The van der Waals surface area contributed by atoms with Crippen LogP contribution in [0, 0.1) is 0 Å². The fraction of sp³-hybridized carbons (Fsp3) is 1.00. The number of hydrogen-bond donors (Lipinski definition) is 0. The third kappa shape index (κ3) is 2.40. The van der Waals surface area contributed by atoms with E-state index in [-0.39, 0.29) is 9.84 Å². The second-order valence-corrected chi connectivity index (χ2v) is 6.10. The van der Waals surface area contributed by atoms with Crippen LogP contribution in [-0.2, 0) is 0 Å². The maximum Gasteiger partial charge on any atom is 0.176 e. The van der Waals surface area contributed by atoms with Crippen molar-refractivity contribution in [1.82, 2.24) is 9.13 Å². The molecule has 2 nitrogen and oxygen atoms in total. The molecule has 0 aromatic rings. The first-order valence-electron chi connectivity index (χ1n) is 4.41. The van der Waals surface area contributed by atoms with Crippen LogP contribution in [0.4, 0.5) is 0 Å². The van der Waals surface area contributed by atoms with Crippen LogP contribution in [0.3, 0.4) is 0 Å². The lowest BCUT2D eigenvalue weighted by atomic mass is 10.5. The molecule has 0 spiro atoms. The van der Waals surface area contributed by atoms with Gasteiger partial charge in [-0.3, -0.25) is 9.13 Å². The van der Waals surface area contributed by atoms with Crippen LogP contribution >= 0.6 is 22.6 Å². The highest BCUT2D eigenvalue weighted by atomic mass is 127. The standard InChI is InChI=1S/C7H17IN2Si/c1-3-5-9-7(8)10(11-9)6-4-2/h7H,3-6,11H2,1-2H3. The highest BCUT2D eigenvalue weighted by Gasteiger charge is 2.32. The van der Waals surface area contributed by atoms with E-state index in [1.54, 1.807) is 0 Å². The molecule has 1 heterocycles.